The standard InChI is InChI=1S/C13H19ClN2O/c1-10-8-16(7-6-15-10)9-11-4-3-5-12(14)13(11)17-2/h3-5,10,15H,6-9H2,1-2H3/t10-/m0/s1. The molecule has 1 aromatic carbocycles. The van der Waals surface area contributed by atoms with Crippen LogP contribution in [0.5, 0.6) is 5.75 Å². The van der Waals surface area contributed by atoms with Gasteiger partial charge in [0.25, 0.3) is 0 Å². The molecule has 0 spiro atoms. The maximum Gasteiger partial charge on any atom is 0.141 e. The molecule has 0 bridgehead atoms. The molecular weight excluding hydrogens is 236 g/mol. The summed E-state index contributed by atoms with van der Waals surface area (Å²) in [5.74, 6) is 0.806. The second kappa shape index (κ2) is 5.71. The molecule has 3 nitrogen and oxygen atoms in total. The molecule has 94 valence electrons. The number of hydrogen-bond donors (Lipinski definition) is 1. The Balaban J connectivity index is 2.10. The Kier molecular flexibility index (Phi) is 4.26. The zero-order valence-corrected chi connectivity index (χ0v) is 11.1. The normalized spacial score (nSPS) is 21.5. The van der Waals surface area contributed by atoms with Crippen molar-refractivity contribution in [3.63, 3.8) is 0 Å². The van der Waals surface area contributed by atoms with E-state index < -0.39 is 0 Å². The van der Waals surface area contributed by atoms with Gasteiger partial charge < -0.3 is 10.1 Å². The predicted octanol–water partition coefficient (Wildman–Crippen LogP) is 2.14. The molecule has 1 fully saturated rings. The zero-order valence-electron chi connectivity index (χ0n) is 10.4. The maximum absolute atomic E-state index is 6.12. The first-order valence-corrected chi connectivity index (χ1v) is 6.35. The van der Waals surface area contributed by atoms with Gasteiger partial charge in [-0.15, -0.1) is 0 Å². The first-order valence-electron chi connectivity index (χ1n) is 5.98. The number of para-hydroxylation sites is 1. The van der Waals surface area contributed by atoms with Crippen molar-refractivity contribution in [2.45, 2.75) is 19.5 Å². The fourth-order valence-corrected chi connectivity index (χ4v) is 2.57. The number of nitrogens with zero attached hydrogens (tertiary/aromatic N) is 1. The number of hydrogen-bond acceptors (Lipinski definition) is 3. The molecule has 1 heterocycles. The largest absolute Gasteiger partial charge is 0.495 e. The van der Waals surface area contributed by atoms with E-state index in [1.165, 1.54) is 0 Å². The van der Waals surface area contributed by atoms with E-state index in [9.17, 15) is 0 Å². The monoisotopic (exact) mass is 254 g/mol. The molecule has 1 saturated heterocycles. The van der Waals surface area contributed by atoms with Crippen molar-refractivity contribution >= 4 is 11.6 Å². The van der Waals surface area contributed by atoms with Crippen LogP contribution in [0.25, 0.3) is 0 Å². The Morgan fingerprint density at radius 3 is 3.06 bits per heavy atom. The molecule has 0 radical (unpaired) electrons. The highest BCUT2D eigenvalue weighted by atomic mass is 35.5. The van der Waals surface area contributed by atoms with Crippen LogP contribution in [-0.4, -0.2) is 37.7 Å². The Hall–Kier alpha value is -0.770. The van der Waals surface area contributed by atoms with Crippen molar-refractivity contribution in [2.75, 3.05) is 26.7 Å². The highest BCUT2D eigenvalue weighted by molar-refractivity contribution is 6.32. The first-order chi connectivity index (χ1) is 8.20. The minimum absolute atomic E-state index is 0.550. The molecule has 0 aromatic heterocycles. The summed E-state index contributed by atoms with van der Waals surface area (Å²) in [6, 6.07) is 6.47. The summed E-state index contributed by atoms with van der Waals surface area (Å²) in [5, 5.41) is 4.13. The molecule has 4 heteroatoms. The molecule has 1 atom stereocenters. The number of halogens is 1. The summed E-state index contributed by atoms with van der Waals surface area (Å²) in [6.45, 7) is 6.29. The number of nitrogens with one attached hydrogen (secondary N) is 1. The zero-order chi connectivity index (χ0) is 12.3. The van der Waals surface area contributed by atoms with Gasteiger partial charge in [-0.1, -0.05) is 23.7 Å². The summed E-state index contributed by atoms with van der Waals surface area (Å²) < 4.78 is 5.37. The summed E-state index contributed by atoms with van der Waals surface area (Å²) in [5.41, 5.74) is 1.16. The Labute approximate surface area is 108 Å². The van der Waals surface area contributed by atoms with Gasteiger partial charge in [0.15, 0.2) is 0 Å². The van der Waals surface area contributed by atoms with Gasteiger partial charge in [0.1, 0.15) is 5.75 Å². The minimum Gasteiger partial charge on any atom is -0.495 e. The van der Waals surface area contributed by atoms with Gasteiger partial charge in [-0.05, 0) is 13.0 Å². The third-order valence-corrected chi connectivity index (χ3v) is 3.40. The van der Waals surface area contributed by atoms with Gasteiger partial charge in [0.2, 0.25) is 0 Å². The van der Waals surface area contributed by atoms with E-state index >= 15 is 0 Å². The van der Waals surface area contributed by atoms with Gasteiger partial charge in [0, 0.05) is 37.8 Å². The van der Waals surface area contributed by atoms with Crippen molar-refractivity contribution < 1.29 is 4.74 Å². The molecule has 0 saturated carbocycles. The van der Waals surface area contributed by atoms with Crippen LogP contribution in [0, 0.1) is 0 Å². The van der Waals surface area contributed by atoms with Crippen LogP contribution in [0.3, 0.4) is 0 Å². The van der Waals surface area contributed by atoms with Gasteiger partial charge in [-0.3, -0.25) is 4.90 Å². The second-order valence-electron chi connectivity index (χ2n) is 4.52. The van der Waals surface area contributed by atoms with Crippen LogP contribution in [0.4, 0.5) is 0 Å². The van der Waals surface area contributed by atoms with Gasteiger partial charge in [-0.25, -0.2) is 0 Å². The predicted molar refractivity (Wildman–Crippen MR) is 70.7 cm³/mol. The van der Waals surface area contributed by atoms with E-state index in [1.807, 2.05) is 12.1 Å². The number of rotatable bonds is 3. The van der Waals surface area contributed by atoms with Crippen molar-refractivity contribution in [1.82, 2.24) is 10.2 Å². The van der Waals surface area contributed by atoms with Gasteiger partial charge in [0.05, 0.1) is 12.1 Å². The minimum atomic E-state index is 0.550. The van der Waals surface area contributed by atoms with E-state index in [-0.39, 0.29) is 0 Å². The summed E-state index contributed by atoms with van der Waals surface area (Å²) in [4.78, 5) is 2.43. The number of methoxy groups -OCH3 is 1. The maximum atomic E-state index is 6.12. The molecule has 1 aliphatic heterocycles. The fraction of sp³-hybridized carbons (Fsp3) is 0.538. The molecule has 1 aromatic rings. The number of ether oxygens (including phenoxy) is 1. The highest BCUT2D eigenvalue weighted by Crippen LogP contribution is 2.29. The van der Waals surface area contributed by atoms with E-state index in [0.717, 1.165) is 37.5 Å². The third kappa shape index (κ3) is 3.12. The van der Waals surface area contributed by atoms with Crippen molar-refractivity contribution in [1.29, 1.82) is 0 Å². The van der Waals surface area contributed by atoms with Crippen molar-refractivity contribution in [3.8, 4) is 5.75 Å². The average Bonchev–Trinajstić information content (AvgIpc) is 2.29. The van der Waals surface area contributed by atoms with Crippen LogP contribution in [0.2, 0.25) is 5.02 Å². The van der Waals surface area contributed by atoms with Crippen molar-refractivity contribution in [3.05, 3.63) is 28.8 Å². The van der Waals surface area contributed by atoms with Crippen LogP contribution < -0.4 is 10.1 Å². The molecule has 0 unspecified atom stereocenters. The van der Waals surface area contributed by atoms with Gasteiger partial charge >= 0.3 is 0 Å². The quantitative estimate of drug-likeness (QED) is 0.895. The van der Waals surface area contributed by atoms with Crippen molar-refractivity contribution in [2.24, 2.45) is 0 Å². The molecule has 1 N–H and O–H groups in total. The van der Waals surface area contributed by atoms with E-state index in [0.29, 0.717) is 11.1 Å². The summed E-state index contributed by atoms with van der Waals surface area (Å²) in [6.07, 6.45) is 0. The smallest absolute Gasteiger partial charge is 0.141 e. The van der Waals surface area contributed by atoms with E-state index in [2.05, 4.69) is 23.2 Å². The van der Waals surface area contributed by atoms with E-state index in [1.54, 1.807) is 7.11 Å². The number of piperazine rings is 1. The first kappa shape index (κ1) is 12.7. The molecule has 0 amide bonds. The number of benzene rings is 1. The lowest BCUT2D eigenvalue weighted by Crippen LogP contribution is -2.48. The second-order valence-corrected chi connectivity index (χ2v) is 4.93. The lowest BCUT2D eigenvalue weighted by atomic mass is 10.1. The van der Waals surface area contributed by atoms with Crippen LogP contribution in [0.15, 0.2) is 18.2 Å². The fourth-order valence-electron chi connectivity index (χ4n) is 2.30. The Morgan fingerprint density at radius 1 is 1.53 bits per heavy atom. The molecular formula is C13H19ClN2O. The molecule has 1 aliphatic rings. The third-order valence-electron chi connectivity index (χ3n) is 3.10. The Morgan fingerprint density at radius 2 is 2.35 bits per heavy atom. The van der Waals surface area contributed by atoms with Crippen LogP contribution >= 0.6 is 11.6 Å². The summed E-state index contributed by atoms with van der Waals surface area (Å²) >= 11 is 6.12. The lowest BCUT2D eigenvalue weighted by Gasteiger charge is -2.32. The topological polar surface area (TPSA) is 24.5 Å². The summed E-state index contributed by atoms with van der Waals surface area (Å²) in [7, 11) is 1.67. The Bertz CT molecular complexity index is 384. The average molecular weight is 255 g/mol. The molecule has 17 heavy (non-hydrogen) atoms. The molecule has 2 rings (SSSR count). The van der Waals surface area contributed by atoms with Crippen LogP contribution in [0.1, 0.15) is 12.5 Å². The highest BCUT2D eigenvalue weighted by Gasteiger charge is 2.17. The van der Waals surface area contributed by atoms with Crippen LogP contribution in [-0.2, 0) is 6.54 Å². The lowest BCUT2D eigenvalue weighted by molar-refractivity contribution is 0.197. The molecule has 0 aliphatic carbocycles. The van der Waals surface area contributed by atoms with E-state index in [4.69, 9.17) is 16.3 Å². The van der Waals surface area contributed by atoms with Gasteiger partial charge in [-0.2, -0.15) is 0 Å². The SMILES string of the molecule is COc1c(Cl)cccc1CN1CCN[C@@H](C)C1.